The normalized spacial score (nSPS) is 19.7. The molecule has 0 aromatic heterocycles. The van der Waals surface area contributed by atoms with Gasteiger partial charge in [0, 0.05) is 12.5 Å². The number of rotatable bonds is 4. The molecule has 0 saturated carbocycles. The summed E-state index contributed by atoms with van der Waals surface area (Å²) in [4.78, 5) is 25.9. The molecule has 1 aliphatic heterocycles. The molecule has 1 amide bonds. The smallest absolute Gasteiger partial charge is 0.328 e. The quantitative estimate of drug-likeness (QED) is 0.790. The molecule has 2 rings (SSSR count). The SMILES string of the molecule is COC(=O)[C@@H]1CCCN1C(=O)[C@@H](C)Cc1ccccc1. The number of nitrogens with zero attached hydrogens (tertiary/aromatic N) is 1. The van der Waals surface area contributed by atoms with Crippen LogP contribution in [0.2, 0.25) is 0 Å². The molecule has 0 radical (unpaired) electrons. The number of hydrogen-bond donors (Lipinski definition) is 0. The van der Waals surface area contributed by atoms with Crippen LogP contribution in [0.4, 0.5) is 0 Å². The summed E-state index contributed by atoms with van der Waals surface area (Å²) in [5, 5.41) is 0. The van der Waals surface area contributed by atoms with Crippen molar-refractivity contribution in [3.8, 4) is 0 Å². The Hall–Kier alpha value is -1.84. The van der Waals surface area contributed by atoms with Gasteiger partial charge in [-0.2, -0.15) is 0 Å². The number of ether oxygens (including phenoxy) is 1. The van der Waals surface area contributed by atoms with Crippen molar-refractivity contribution in [3.63, 3.8) is 0 Å². The lowest BCUT2D eigenvalue weighted by atomic mass is 9.99. The summed E-state index contributed by atoms with van der Waals surface area (Å²) in [7, 11) is 1.37. The Morgan fingerprint density at radius 2 is 2.05 bits per heavy atom. The zero-order valence-corrected chi connectivity index (χ0v) is 12.0. The number of carbonyl (C=O) groups excluding carboxylic acids is 2. The number of esters is 1. The maximum atomic E-state index is 12.5. The molecule has 0 bridgehead atoms. The molecule has 4 heteroatoms. The average Bonchev–Trinajstić information content (AvgIpc) is 2.96. The summed E-state index contributed by atoms with van der Waals surface area (Å²) in [5.74, 6) is -0.382. The van der Waals surface area contributed by atoms with E-state index in [0.717, 1.165) is 12.0 Å². The van der Waals surface area contributed by atoms with Gasteiger partial charge < -0.3 is 9.64 Å². The van der Waals surface area contributed by atoms with Gasteiger partial charge in [0.1, 0.15) is 6.04 Å². The third kappa shape index (κ3) is 3.18. The number of amides is 1. The second-order valence-electron chi connectivity index (χ2n) is 5.30. The van der Waals surface area contributed by atoms with Gasteiger partial charge in [-0.15, -0.1) is 0 Å². The van der Waals surface area contributed by atoms with Crippen LogP contribution in [0.3, 0.4) is 0 Å². The van der Waals surface area contributed by atoms with Crippen molar-refractivity contribution in [1.82, 2.24) is 4.90 Å². The van der Waals surface area contributed by atoms with Crippen molar-refractivity contribution in [2.24, 2.45) is 5.92 Å². The van der Waals surface area contributed by atoms with Crippen LogP contribution in [0, 0.1) is 5.92 Å². The van der Waals surface area contributed by atoms with E-state index in [-0.39, 0.29) is 17.8 Å². The van der Waals surface area contributed by atoms with Gasteiger partial charge in [0.05, 0.1) is 7.11 Å². The monoisotopic (exact) mass is 275 g/mol. The van der Waals surface area contributed by atoms with Crippen LogP contribution in [0.5, 0.6) is 0 Å². The van der Waals surface area contributed by atoms with Crippen LogP contribution < -0.4 is 0 Å². The number of carbonyl (C=O) groups is 2. The van der Waals surface area contributed by atoms with Crippen LogP contribution in [0.1, 0.15) is 25.3 Å². The van der Waals surface area contributed by atoms with Crippen LogP contribution in [-0.4, -0.2) is 36.5 Å². The summed E-state index contributed by atoms with van der Waals surface area (Å²) < 4.78 is 4.78. The minimum Gasteiger partial charge on any atom is -0.467 e. The van der Waals surface area contributed by atoms with Gasteiger partial charge in [-0.3, -0.25) is 4.79 Å². The molecule has 1 saturated heterocycles. The highest BCUT2D eigenvalue weighted by Crippen LogP contribution is 2.22. The Labute approximate surface area is 119 Å². The standard InChI is InChI=1S/C16H21NO3/c1-12(11-13-7-4-3-5-8-13)15(18)17-10-6-9-14(17)16(19)20-2/h3-5,7-8,12,14H,6,9-11H2,1-2H3/t12-,14-/m0/s1. The van der Waals surface area contributed by atoms with Crippen LogP contribution in [-0.2, 0) is 20.7 Å². The van der Waals surface area contributed by atoms with Crippen LogP contribution in [0.15, 0.2) is 30.3 Å². The molecule has 20 heavy (non-hydrogen) atoms. The molecule has 4 nitrogen and oxygen atoms in total. The fourth-order valence-electron chi connectivity index (χ4n) is 2.75. The number of methoxy groups -OCH3 is 1. The van der Waals surface area contributed by atoms with E-state index in [2.05, 4.69) is 0 Å². The van der Waals surface area contributed by atoms with Gasteiger partial charge in [0.15, 0.2) is 0 Å². The molecule has 1 heterocycles. The average molecular weight is 275 g/mol. The molecule has 1 aliphatic rings. The van der Waals surface area contributed by atoms with E-state index in [1.165, 1.54) is 7.11 Å². The molecular weight excluding hydrogens is 254 g/mol. The van der Waals surface area contributed by atoms with Crippen molar-refractivity contribution < 1.29 is 14.3 Å². The minimum atomic E-state index is -0.397. The lowest BCUT2D eigenvalue weighted by molar-refractivity contribution is -0.152. The van der Waals surface area contributed by atoms with Crippen LogP contribution in [0.25, 0.3) is 0 Å². The molecule has 0 aliphatic carbocycles. The predicted octanol–water partition coefficient (Wildman–Crippen LogP) is 2.03. The highest BCUT2D eigenvalue weighted by Gasteiger charge is 2.36. The van der Waals surface area contributed by atoms with E-state index in [9.17, 15) is 9.59 Å². The second-order valence-corrected chi connectivity index (χ2v) is 5.30. The van der Waals surface area contributed by atoms with E-state index in [1.807, 2.05) is 37.3 Å². The zero-order chi connectivity index (χ0) is 14.5. The van der Waals surface area contributed by atoms with Gasteiger partial charge in [-0.25, -0.2) is 4.79 Å². The van der Waals surface area contributed by atoms with Gasteiger partial charge in [-0.05, 0) is 24.8 Å². The first-order valence-corrected chi connectivity index (χ1v) is 7.05. The summed E-state index contributed by atoms with van der Waals surface area (Å²) in [6.45, 7) is 2.57. The topological polar surface area (TPSA) is 46.6 Å². The van der Waals surface area contributed by atoms with Crippen LogP contribution >= 0.6 is 0 Å². The van der Waals surface area contributed by atoms with E-state index in [1.54, 1.807) is 4.90 Å². The second kappa shape index (κ2) is 6.55. The van der Waals surface area contributed by atoms with Gasteiger partial charge >= 0.3 is 5.97 Å². The largest absolute Gasteiger partial charge is 0.467 e. The van der Waals surface area contributed by atoms with E-state index in [4.69, 9.17) is 4.74 Å². The number of benzene rings is 1. The minimum absolute atomic E-state index is 0.0433. The summed E-state index contributed by atoms with van der Waals surface area (Å²) in [6, 6.07) is 9.55. The first-order valence-electron chi connectivity index (χ1n) is 7.05. The lowest BCUT2D eigenvalue weighted by Gasteiger charge is -2.25. The van der Waals surface area contributed by atoms with Crippen molar-refractivity contribution in [2.75, 3.05) is 13.7 Å². The molecule has 0 unspecified atom stereocenters. The van der Waals surface area contributed by atoms with E-state index >= 15 is 0 Å². The highest BCUT2D eigenvalue weighted by molar-refractivity contribution is 5.86. The lowest BCUT2D eigenvalue weighted by Crippen LogP contribution is -2.43. The van der Waals surface area contributed by atoms with E-state index < -0.39 is 6.04 Å². The van der Waals surface area contributed by atoms with Gasteiger partial charge in [0.25, 0.3) is 0 Å². The van der Waals surface area contributed by atoms with Crippen molar-refractivity contribution >= 4 is 11.9 Å². The van der Waals surface area contributed by atoms with Crippen molar-refractivity contribution in [2.45, 2.75) is 32.2 Å². The Morgan fingerprint density at radius 3 is 2.70 bits per heavy atom. The number of hydrogen-bond acceptors (Lipinski definition) is 3. The Kier molecular flexibility index (Phi) is 4.77. The fourth-order valence-corrected chi connectivity index (χ4v) is 2.75. The van der Waals surface area contributed by atoms with E-state index in [0.29, 0.717) is 19.4 Å². The molecule has 0 N–H and O–H groups in total. The zero-order valence-electron chi connectivity index (χ0n) is 12.0. The van der Waals surface area contributed by atoms with Gasteiger partial charge in [0.2, 0.25) is 5.91 Å². The Bertz CT molecular complexity index is 472. The molecule has 2 atom stereocenters. The molecular formula is C16H21NO3. The molecule has 108 valence electrons. The van der Waals surface area contributed by atoms with Gasteiger partial charge in [-0.1, -0.05) is 37.3 Å². The maximum Gasteiger partial charge on any atom is 0.328 e. The summed E-state index contributed by atoms with van der Waals surface area (Å²) in [6.07, 6.45) is 2.27. The third-order valence-electron chi connectivity index (χ3n) is 3.82. The van der Waals surface area contributed by atoms with Crippen molar-refractivity contribution in [1.29, 1.82) is 0 Å². The third-order valence-corrected chi connectivity index (χ3v) is 3.82. The Morgan fingerprint density at radius 1 is 1.35 bits per heavy atom. The molecule has 1 aromatic rings. The number of likely N-dealkylation sites (tertiary alicyclic amines) is 1. The highest BCUT2D eigenvalue weighted by atomic mass is 16.5. The van der Waals surface area contributed by atoms with Crippen molar-refractivity contribution in [3.05, 3.63) is 35.9 Å². The molecule has 1 fully saturated rings. The molecule has 1 aromatic carbocycles. The molecule has 0 spiro atoms. The Balaban J connectivity index is 2.01. The fraction of sp³-hybridized carbons (Fsp3) is 0.500. The maximum absolute atomic E-state index is 12.5. The summed E-state index contributed by atoms with van der Waals surface area (Å²) in [5.41, 5.74) is 1.14. The summed E-state index contributed by atoms with van der Waals surface area (Å²) >= 11 is 0. The predicted molar refractivity (Wildman–Crippen MR) is 76.1 cm³/mol. The first-order chi connectivity index (χ1) is 9.63. The first kappa shape index (κ1) is 14.6.